The van der Waals surface area contributed by atoms with Crippen LogP contribution in [0.3, 0.4) is 0 Å². The maximum Gasteiger partial charge on any atom is 0.143 e. The minimum atomic E-state index is 0.292. The summed E-state index contributed by atoms with van der Waals surface area (Å²) in [6.45, 7) is 6.32. The van der Waals surface area contributed by atoms with E-state index in [1.807, 2.05) is 0 Å². The van der Waals surface area contributed by atoms with E-state index in [1.165, 1.54) is 12.0 Å². The number of hydrogen-bond acceptors (Lipinski definition) is 1. The molecule has 4 aliphatic rings. The highest BCUT2D eigenvalue weighted by molar-refractivity contribution is 5.94. The number of hydrogen-bond donors (Lipinski definition) is 0. The summed E-state index contributed by atoms with van der Waals surface area (Å²) >= 11 is 0. The molecule has 0 aliphatic heterocycles. The Hall–Kier alpha value is -0.590. The first kappa shape index (κ1) is 5.99. The van der Waals surface area contributed by atoms with E-state index < -0.39 is 0 Å². The highest BCUT2D eigenvalue weighted by Crippen LogP contribution is 2.65. The number of carbonyl (C=O) groups excluding carboxylic acids is 1. The molecule has 4 rings (SSSR count). The van der Waals surface area contributed by atoms with Crippen molar-refractivity contribution in [3.8, 4) is 0 Å². The van der Waals surface area contributed by atoms with Crippen LogP contribution in [-0.2, 0) is 4.79 Å². The highest BCUT2D eigenvalue weighted by Gasteiger charge is 2.65. The second-order valence-electron chi connectivity index (χ2n) is 4.35. The molecule has 0 spiro atoms. The Bertz CT molecular complexity index is 266. The van der Waals surface area contributed by atoms with E-state index in [1.54, 1.807) is 0 Å². The van der Waals surface area contributed by atoms with Gasteiger partial charge in [-0.2, -0.15) is 0 Å². The number of carbonyl (C=O) groups is 1. The first-order chi connectivity index (χ1) is 5.22. The lowest BCUT2D eigenvalue weighted by atomic mass is 9.90. The second kappa shape index (κ2) is 1.45. The lowest BCUT2D eigenvalue weighted by molar-refractivity contribution is -0.123. The predicted molar refractivity (Wildman–Crippen MR) is 41.9 cm³/mol. The van der Waals surface area contributed by atoms with E-state index >= 15 is 0 Å². The molecule has 0 aromatic rings. The molecule has 4 fully saturated rings. The van der Waals surface area contributed by atoms with Crippen molar-refractivity contribution in [3.05, 3.63) is 12.2 Å². The molecule has 4 bridgehead atoms. The average molecular weight is 148 g/mol. The fourth-order valence-corrected chi connectivity index (χ4v) is 3.72. The summed E-state index contributed by atoms with van der Waals surface area (Å²) in [7, 11) is 0. The van der Waals surface area contributed by atoms with Crippen LogP contribution in [0.5, 0.6) is 0 Å². The number of allylic oxidation sites excluding steroid dienone is 1. The average Bonchev–Trinajstić information content (AvgIpc) is 2.55. The van der Waals surface area contributed by atoms with Gasteiger partial charge in [-0.05, 0) is 24.2 Å². The summed E-state index contributed by atoms with van der Waals surface area (Å²) in [5.41, 5.74) is 1.27. The monoisotopic (exact) mass is 148 g/mol. The van der Waals surface area contributed by atoms with E-state index in [9.17, 15) is 4.79 Å². The number of ketones is 1. The van der Waals surface area contributed by atoms with Crippen LogP contribution in [0, 0.1) is 29.6 Å². The molecule has 1 heteroatoms. The molecular weight excluding hydrogens is 136 g/mol. The molecule has 11 heavy (non-hydrogen) atoms. The maximum atomic E-state index is 11.5. The van der Waals surface area contributed by atoms with Crippen molar-refractivity contribution < 1.29 is 4.79 Å². The molecule has 0 heterocycles. The smallest absolute Gasteiger partial charge is 0.143 e. The van der Waals surface area contributed by atoms with E-state index in [-0.39, 0.29) is 0 Å². The Labute approximate surface area is 66.5 Å². The first-order valence-electron chi connectivity index (χ1n) is 4.44. The minimum absolute atomic E-state index is 0.292. The summed E-state index contributed by atoms with van der Waals surface area (Å²) in [5, 5.41) is 0. The van der Waals surface area contributed by atoms with E-state index in [2.05, 4.69) is 13.5 Å². The minimum Gasteiger partial charge on any atom is -0.299 e. The Morgan fingerprint density at radius 3 is 2.64 bits per heavy atom. The first-order valence-corrected chi connectivity index (χ1v) is 4.44. The molecule has 4 saturated carbocycles. The number of rotatable bonds is 0. The SMILES string of the molecule is C=C1[C@H]2C(=O)[C@@H]3C[C@H]2[C@@H](C)[C@H]13. The van der Waals surface area contributed by atoms with Gasteiger partial charge in [-0.3, -0.25) is 4.79 Å². The Morgan fingerprint density at radius 2 is 2.27 bits per heavy atom. The Balaban J connectivity index is 2.19. The topological polar surface area (TPSA) is 17.1 Å². The van der Waals surface area contributed by atoms with Gasteiger partial charge in [0.15, 0.2) is 0 Å². The lowest BCUT2D eigenvalue weighted by Crippen LogP contribution is -2.18. The summed E-state index contributed by atoms with van der Waals surface area (Å²) in [4.78, 5) is 11.5. The van der Waals surface area contributed by atoms with Crippen molar-refractivity contribution >= 4 is 5.78 Å². The normalized spacial score (nSPS) is 58.5. The molecule has 0 aromatic heterocycles. The van der Waals surface area contributed by atoms with Gasteiger partial charge >= 0.3 is 0 Å². The highest BCUT2D eigenvalue weighted by atomic mass is 16.1. The second-order valence-corrected chi connectivity index (χ2v) is 4.35. The van der Waals surface area contributed by atoms with Crippen molar-refractivity contribution in [1.82, 2.24) is 0 Å². The summed E-state index contributed by atoms with van der Waals surface area (Å²) < 4.78 is 0. The van der Waals surface area contributed by atoms with Crippen LogP contribution in [0.25, 0.3) is 0 Å². The van der Waals surface area contributed by atoms with Crippen LogP contribution in [0.2, 0.25) is 0 Å². The van der Waals surface area contributed by atoms with Gasteiger partial charge in [0.05, 0.1) is 0 Å². The molecule has 1 nitrogen and oxygen atoms in total. The maximum absolute atomic E-state index is 11.5. The van der Waals surface area contributed by atoms with Crippen molar-refractivity contribution in [1.29, 1.82) is 0 Å². The molecule has 0 radical (unpaired) electrons. The third-order valence-corrected chi connectivity index (χ3v) is 4.13. The number of Topliss-reactive ketones (excluding diaryl/α,β-unsaturated/α-hetero) is 1. The zero-order valence-electron chi connectivity index (χ0n) is 6.71. The van der Waals surface area contributed by atoms with Crippen LogP contribution in [0.1, 0.15) is 13.3 Å². The van der Waals surface area contributed by atoms with Gasteiger partial charge in [0.25, 0.3) is 0 Å². The van der Waals surface area contributed by atoms with E-state index in [0.29, 0.717) is 29.5 Å². The van der Waals surface area contributed by atoms with Crippen molar-refractivity contribution in [2.45, 2.75) is 13.3 Å². The Morgan fingerprint density at radius 1 is 1.55 bits per heavy atom. The third kappa shape index (κ3) is 0.412. The van der Waals surface area contributed by atoms with E-state index in [0.717, 1.165) is 5.92 Å². The quantitative estimate of drug-likeness (QED) is 0.477. The molecule has 5 atom stereocenters. The molecule has 0 unspecified atom stereocenters. The summed E-state index contributed by atoms with van der Waals surface area (Å²) in [6, 6.07) is 0. The van der Waals surface area contributed by atoms with Gasteiger partial charge in [-0.25, -0.2) is 0 Å². The van der Waals surface area contributed by atoms with Gasteiger partial charge in [0, 0.05) is 11.8 Å². The Kier molecular flexibility index (Phi) is 0.790. The molecule has 0 aromatic carbocycles. The lowest BCUT2D eigenvalue weighted by Gasteiger charge is -2.13. The predicted octanol–water partition coefficient (Wildman–Crippen LogP) is 1.64. The fraction of sp³-hybridized carbons (Fsp3) is 0.700. The van der Waals surface area contributed by atoms with Gasteiger partial charge < -0.3 is 0 Å². The van der Waals surface area contributed by atoms with Crippen LogP contribution in [0.4, 0.5) is 0 Å². The van der Waals surface area contributed by atoms with Crippen LogP contribution < -0.4 is 0 Å². The molecule has 0 N–H and O–H groups in total. The molecule has 4 aliphatic carbocycles. The van der Waals surface area contributed by atoms with Gasteiger partial charge in [-0.1, -0.05) is 19.1 Å². The van der Waals surface area contributed by atoms with Crippen LogP contribution in [-0.4, -0.2) is 5.78 Å². The van der Waals surface area contributed by atoms with E-state index in [4.69, 9.17) is 0 Å². The fourth-order valence-electron chi connectivity index (χ4n) is 3.72. The molecule has 58 valence electrons. The van der Waals surface area contributed by atoms with Gasteiger partial charge in [-0.15, -0.1) is 0 Å². The van der Waals surface area contributed by atoms with Crippen molar-refractivity contribution in [2.75, 3.05) is 0 Å². The molecular formula is C10H12O. The van der Waals surface area contributed by atoms with Crippen LogP contribution in [0.15, 0.2) is 12.2 Å². The van der Waals surface area contributed by atoms with Gasteiger partial charge in [0.1, 0.15) is 5.78 Å². The van der Waals surface area contributed by atoms with Crippen molar-refractivity contribution in [3.63, 3.8) is 0 Å². The van der Waals surface area contributed by atoms with Crippen LogP contribution >= 0.6 is 0 Å². The zero-order valence-corrected chi connectivity index (χ0v) is 6.71. The molecule has 0 saturated heterocycles. The standard InChI is InChI=1S/C10H12O/c1-4-6-3-7-8(4)5(2)9(6)10(7)11/h4,6-9H,2-3H2,1H3/t4-,6+,7-,8-,9-/m1/s1. The summed E-state index contributed by atoms with van der Waals surface area (Å²) in [6.07, 6.45) is 1.17. The summed E-state index contributed by atoms with van der Waals surface area (Å²) in [5.74, 6) is 3.23. The third-order valence-electron chi connectivity index (χ3n) is 4.13. The zero-order chi connectivity index (χ0) is 7.75. The van der Waals surface area contributed by atoms with Crippen molar-refractivity contribution in [2.24, 2.45) is 29.6 Å². The molecule has 0 amide bonds. The van der Waals surface area contributed by atoms with Gasteiger partial charge in [0.2, 0.25) is 0 Å². The largest absolute Gasteiger partial charge is 0.299 e.